The molecule has 0 N–H and O–H groups in total. The van der Waals surface area contributed by atoms with Gasteiger partial charge in [-0.05, 0) is 44.2 Å². The summed E-state index contributed by atoms with van der Waals surface area (Å²) in [7, 11) is 0. The third-order valence-corrected chi connectivity index (χ3v) is 5.64. The summed E-state index contributed by atoms with van der Waals surface area (Å²) < 4.78 is 38.8. The van der Waals surface area contributed by atoms with E-state index in [1.807, 2.05) is 13.8 Å². The van der Waals surface area contributed by atoms with Crippen LogP contribution in [0.5, 0.6) is 0 Å². The largest absolute Gasteiger partial charge is 0.737 e. The molecule has 0 saturated heterocycles. The minimum absolute atomic E-state index is 0.160. The molecule has 2 aromatic rings. The van der Waals surface area contributed by atoms with Crippen molar-refractivity contribution >= 4 is 24.2 Å². The van der Waals surface area contributed by atoms with E-state index in [0.717, 1.165) is 20.1 Å². The third kappa shape index (κ3) is 2.67. The van der Waals surface area contributed by atoms with E-state index in [9.17, 15) is 4.79 Å². The maximum atomic E-state index is 15.7. The Morgan fingerprint density at radius 3 is 2.63 bits per heavy atom. The summed E-state index contributed by atoms with van der Waals surface area (Å²) in [6.45, 7) is 2.74. The molecule has 0 saturated carbocycles. The van der Waals surface area contributed by atoms with Gasteiger partial charge in [0.2, 0.25) is 0 Å². The molecule has 4 nitrogen and oxygen atoms in total. The van der Waals surface area contributed by atoms with Crippen LogP contribution in [0.1, 0.15) is 46.7 Å². The first kappa shape index (κ1) is 19.9. The lowest BCUT2D eigenvalue weighted by molar-refractivity contribution is -0.363. The number of halogens is 2. The minimum atomic E-state index is -4.07. The average Bonchev–Trinajstić information content (AvgIpc) is 3.16. The molecule has 0 atom stereocenters. The molecule has 2 aliphatic heterocycles. The summed E-state index contributed by atoms with van der Waals surface area (Å²) >= 11 is 0. The molecule has 0 unspecified atom stereocenters. The van der Waals surface area contributed by atoms with Crippen molar-refractivity contribution in [2.75, 3.05) is 6.61 Å². The first-order valence-corrected chi connectivity index (χ1v) is 9.67. The van der Waals surface area contributed by atoms with Crippen molar-refractivity contribution in [2.45, 2.75) is 27.7 Å². The van der Waals surface area contributed by atoms with Crippen molar-refractivity contribution in [3.63, 3.8) is 0 Å². The van der Waals surface area contributed by atoms with Crippen LogP contribution in [0.4, 0.5) is 8.63 Å². The highest BCUT2D eigenvalue weighted by Gasteiger charge is 2.55. The highest BCUT2D eigenvalue weighted by atomic mass is 19.2. The van der Waals surface area contributed by atoms with E-state index in [2.05, 4.69) is 5.92 Å². The highest BCUT2D eigenvalue weighted by Crippen LogP contribution is 2.44. The lowest BCUT2D eigenvalue weighted by Crippen LogP contribution is -2.51. The Bertz CT molecular complexity index is 1240. The molecule has 1 aromatic carbocycles. The maximum Gasteiger partial charge on any atom is 0.737 e. The second-order valence-electron chi connectivity index (χ2n) is 7.66. The Labute approximate surface area is 174 Å². The van der Waals surface area contributed by atoms with E-state index in [4.69, 9.17) is 11.2 Å². The zero-order chi connectivity index (χ0) is 21.8. The molecule has 3 heterocycles. The molecule has 4 rings (SSSR count). The fourth-order valence-corrected chi connectivity index (χ4v) is 4.62. The van der Waals surface area contributed by atoms with Crippen molar-refractivity contribution in [1.82, 2.24) is 4.48 Å². The predicted octanol–water partition coefficient (Wildman–Crippen LogP) is 4.32. The molecular formula is C23H21BF2N2O2. The van der Waals surface area contributed by atoms with Gasteiger partial charge in [-0.2, -0.15) is 0 Å². The summed E-state index contributed by atoms with van der Waals surface area (Å²) in [5.41, 5.74) is 4.63. The quantitative estimate of drug-likeness (QED) is 0.432. The number of aryl methyl sites for hydroxylation is 2. The van der Waals surface area contributed by atoms with Crippen LogP contribution in [-0.4, -0.2) is 34.2 Å². The van der Waals surface area contributed by atoms with Gasteiger partial charge in [-0.25, -0.2) is 4.79 Å². The van der Waals surface area contributed by atoms with Gasteiger partial charge in [-0.1, -0.05) is 24.1 Å². The summed E-state index contributed by atoms with van der Waals surface area (Å²) in [4.78, 5) is 12.7. The number of hydrogen-bond donors (Lipinski definition) is 0. The summed E-state index contributed by atoms with van der Waals surface area (Å²) in [6.07, 6.45) is 6.97. The Morgan fingerprint density at radius 1 is 1.23 bits per heavy atom. The van der Waals surface area contributed by atoms with Crippen LogP contribution in [-0.2, 0) is 4.74 Å². The van der Waals surface area contributed by atoms with Crippen LogP contribution in [0.2, 0.25) is 0 Å². The van der Waals surface area contributed by atoms with Crippen molar-refractivity contribution in [1.29, 1.82) is 0 Å². The molecule has 152 valence electrons. The third-order valence-electron chi connectivity index (χ3n) is 5.64. The number of esters is 1. The highest BCUT2D eigenvalue weighted by molar-refractivity contribution is 6.58. The number of allylic oxidation sites excluding steroid dienone is 2. The number of rotatable bonds is 3. The number of carbonyl (C=O) groups is 1. The van der Waals surface area contributed by atoms with Gasteiger partial charge in [0.25, 0.3) is 0 Å². The van der Waals surface area contributed by atoms with Gasteiger partial charge in [0.15, 0.2) is 12.3 Å². The smallest absolute Gasteiger partial charge is 0.449 e. The first-order chi connectivity index (χ1) is 14.2. The first-order valence-electron chi connectivity index (χ1n) is 9.67. The normalized spacial score (nSPS) is 16.8. The fraction of sp³-hybridized carbons (Fsp3) is 0.217. The van der Waals surface area contributed by atoms with Crippen LogP contribution in [0.15, 0.2) is 47.7 Å². The van der Waals surface area contributed by atoms with Gasteiger partial charge in [0, 0.05) is 29.8 Å². The van der Waals surface area contributed by atoms with Crippen molar-refractivity contribution in [3.8, 4) is 12.3 Å². The molecular weight excluding hydrogens is 385 g/mol. The molecule has 0 spiro atoms. The number of ether oxygens (including phenoxy) is 1. The summed E-state index contributed by atoms with van der Waals surface area (Å²) in [6, 6.07) is 8.64. The van der Waals surface area contributed by atoms with Gasteiger partial charge < -0.3 is 22.3 Å². The Balaban J connectivity index is 2.10. The van der Waals surface area contributed by atoms with Crippen LogP contribution < -0.4 is 0 Å². The zero-order valence-electron chi connectivity index (χ0n) is 17.3. The van der Waals surface area contributed by atoms with Gasteiger partial charge in [-0.3, -0.25) is 0 Å². The SMILES string of the molecule is C#CCOC(=O)c1ccccc1C1=C2C(C)=CC(C)=[N+]2[B-](F)(F)n2c(C)cc(C)c21. The van der Waals surface area contributed by atoms with Crippen LogP contribution >= 0.6 is 0 Å². The molecule has 0 aliphatic carbocycles. The molecule has 7 heteroatoms. The average molecular weight is 406 g/mol. The Hall–Kier alpha value is -3.40. The van der Waals surface area contributed by atoms with E-state index < -0.39 is 12.9 Å². The number of terminal acetylenes is 1. The van der Waals surface area contributed by atoms with E-state index in [1.165, 1.54) is 0 Å². The molecule has 2 aliphatic rings. The fourth-order valence-electron chi connectivity index (χ4n) is 4.62. The van der Waals surface area contributed by atoms with Crippen LogP contribution in [0.3, 0.4) is 0 Å². The molecule has 1 aromatic heterocycles. The Morgan fingerprint density at radius 2 is 1.93 bits per heavy atom. The molecule has 30 heavy (non-hydrogen) atoms. The lowest BCUT2D eigenvalue weighted by Gasteiger charge is -2.34. The number of hydrogen-bond acceptors (Lipinski definition) is 2. The van der Waals surface area contributed by atoms with Gasteiger partial charge in [-0.15, -0.1) is 6.42 Å². The van der Waals surface area contributed by atoms with Crippen LogP contribution in [0.25, 0.3) is 5.57 Å². The molecule has 0 bridgehead atoms. The van der Waals surface area contributed by atoms with Crippen molar-refractivity contribution in [2.24, 2.45) is 0 Å². The number of nitrogens with zero attached hydrogens (tertiary/aromatic N) is 2. The van der Waals surface area contributed by atoms with E-state index >= 15 is 8.63 Å². The topological polar surface area (TPSA) is 34.2 Å². The van der Waals surface area contributed by atoms with E-state index in [-0.39, 0.29) is 12.2 Å². The molecule has 0 amide bonds. The van der Waals surface area contributed by atoms with Crippen LogP contribution in [0, 0.1) is 26.2 Å². The number of benzene rings is 1. The lowest BCUT2D eigenvalue weighted by atomic mass is 9.82. The summed E-state index contributed by atoms with van der Waals surface area (Å²) in [5.74, 6) is 1.70. The number of aromatic nitrogens is 1. The summed E-state index contributed by atoms with van der Waals surface area (Å²) in [5, 5.41) is 0. The predicted molar refractivity (Wildman–Crippen MR) is 114 cm³/mol. The zero-order valence-corrected chi connectivity index (χ0v) is 17.3. The maximum absolute atomic E-state index is 15.7. The standard InChI is InChI=1S/C23H21BF2N2O2/c1-6-11-30-23(29)19-10-8-7-9-18(19)20-21-14(2)12-16(4)27(21)24(25,26)28-17(5)13-15(3)22(20)28/h1,7-10,12-13H,11H2,2-5H3. The number of carbonyl (C=O) groups excluding carboxylic acids is 1. The van der Waals surface area contributed by atoms with Crippen molar-refractivity contribution < 1.29 is 22.6 Å². The van der Waals surface area contributed by atoms with E-state index in [0.29, 0.717) is 33.9 Å². The number of fused-ring (bicyclic) bond motifs is 2. The monoisotopic (exact) mass is 406 g/mol. The minimum Gasteiger partial charge on any atom is -0.449 e. The molecule has 0 radical (unpaired) electrons. The second kappa shape index (κ2) is 6.84. The van der Waals surface area contributed by atoms with Gasteiger partial charge >= 0.3 is 12.9 Å². The van der Waals surface area contributed by atoms with Crippen molar-refractivity contribution in [3.05, 3.63) is 75.8 Å². The van der Waals surface area contributed by atoms with E-state index in [1.54, 1.807) is 50.3 Å². The Kier molecular flexibility index (Phi) is 4.54. The second-order valence-corrected chi connectivity index (χ2v) is 7.66. The molecule has 0 fully saturated rings. The van der Waals surface area contributed by atoms with Gasteiger partial charge in [0.1, 0.15) is 5.71 Å². The van der Waals surface area contributed by atoms with Gasteiger partial charge in [0.05, 0.1) is 11.1 Å².